The standard InChI is InChI=1S/C26H23N3OS/c27-26(31-19-20-8-2-1-3-9-20)29-28-17-24-12-6-7-13-25(24)30-18-21-14-15-22-10-4-5-11-23(22)16-21/h1-17H,18-19H2,(H2,27,29). The third-order valence-electron chi connectivity index (χ3n) is 4.71. The maximum absolute atomic E-state index is 6.06. The Morgan fingerprint density at radius 3 is 2.42 bits per heavy atom. The fourth-order valence-electron chi connectivity index (χ4n) is 3.12. The first-order valence-electron chi connectivity index (χ1n) is 10.0. The highest BCUT2D eigenvalue weighted by Crippen LogP contribution is 2.20. The summed E-state index contributed by atoms with van der Waals surface area (Å²) in [5.74, 6) is 1.52. The van der Waals surface area contributed by atoms with Crippen LogP contribution in [0.2, 0.25) is 0 Å². The van der Waals surface area contributed by atoms with E-state index in [2.05, 4.69) is 52.7 Å². The predicted molar refractivity (Wildman–Crippen MR) is 132 cm³/mol. The monoisotopic (exact) mass is 425 g/mol. The summed E-state index contributed by atoms with van der Waals surface area (Å²) in [7, 11) is 0. The third kappa shape index (κ3) is 5.96. The van der Waals surface area contributed by atoms with Gasteiger partial charge in [-0.05, 0) is 40.1 Å². The number of hydrogen-bond donors (Lipinski definition) is 1. The molecule has 0 aliphatic rings. The molecule has 154 valence electrons. The number of nitrogens with two attached hydrogens (primary N) is 1. The van der Waals surface area contributed by atoms with E-state index in [1.54, 1.807) is 6.21 Å². The van der Waals surface area contributed by atoms with Crippen LogP contribution in [0.15, 0.2) is 107 Å². The lowest BCUT2D eigenvalue weighted by atomic mass is 10.1. The second-order valence-electron chi connectivity index (χ2n) is 6.97. The van der Waals surface area contributed by atoms with Gasteiger partial charge >= 0.3 is 0 Å². The van der Waals surface area contributed by atoms with Crippen LogP contribution in [0.5, 0.6) is 5.75 Å². The van der Waals surface area contributed by atoms with Gasteiger partial charge < -0.3 is 10.5 Å². The van der Waals surface area contributed by atoms with Crippen LogP contribution in [-0.2, 0) is 12.4 Å². The minimum atomic E-state index is 0.426. The Bertz CT molecular complexity index is 1210. The van der Waals surface area contributed by atoms with Crippen LogP contribution in [0, 0.1) is 0 Å². The van der Waals surface area contributed by atoms with E-state index in [4.69, 9.17) is 10.5 Å². The van der Waals surface area contributed by atoms with Gasteiger partial charge in [-0.1, -0.05) is 90.6 Å². The molecule has 0 aliphatic heterocycles. The molecule has 0 saturated heterocycles. The Labute approximate surface area is 186 Å². The Morgan fingerprint density at radius 1 is 0.806 bits per heavy atom. The molecule has 2 N–H and O–H groups in total. The van der Waals surface area contributed by atoms with Gasteiger partial charge in [-0.25, -0.2) is 0 Å². The van der Waals surface area contributed by atoms with Crippen LogP contribution in [0.25, 0.3) is 10.8 Å². The molecule has 4 rings (SSSR count). The highest BCUT2D eigenvalue weighted by Gasteiger charge is 2.03. The maximum atomic E-state index is 6.06. The molecule has 31 heavy (non-hydrogen) atoms. The number of hydrogen-bond acceptors (Lipinski definition) is 4. The summed E-state index contributed by atoms with van der Waals surface area (Å²) in [5, 5.41) is 11.1. The molecular formula is C26H23N3OS. The van der Waals surface area contributed by atoms with Crippen LogP contribution in [-0.4, -0.2) is 11.4 Å². The molecule has 0 aromatic heterocycles. The van der Waals surface area contributed by atoms with E-state index in [1.165, 1.54) is 28.1 Å². The van der Waals surface area contributed by atoms with Crippen LogP contribution >= 0.6 is 11.8 Å². The van der Waals surface area contributed by atoms with E-state index in [0.717, 1.165) is 22.6 Å². The molecule has 0 heterocycles. The van der Waals surface area contributed by atoms with Gasteiger partial charge in [-0.15, -0.1) is 5.10 Å². The van der Waals surface area contributed by atoms with Crippen LogP contribution in [0.4, 0.5) is 0 Å². The molecule has 0 spiro atoms. The smallest absolute Gasteiger partial charge is 0.180 e. The fraction of sp³-hybridized carbons (Fsp3) is 0.0769. The van der Waals surface area contributed by atoms with Gasteiger partial charge in [0.05, 0.1) is 6.21 Å². The molecule has 0 radical (unpaired) electrons. The van der Waals surface area contributed by atoms with Crippen molar-refractivity contribution in [1.29, 1.82) is 0 Å². The Hall–Kier alpha value is -3.57. The molecule has 0 bridgehead atoms. The molecule has 0 atom stereocenters. The summed E-state index contributed by atoms with van der Waals surface area (Å²) in [6.07, 6.45) is 1.67. The molecule has 4 aromatic rings. The van der Waals surface area contributed by atoms with Gasteiger partial charge in [0, 0.05) is 11.3 Å². The van der Waals surface area contributed by atoms with Gasteiger partial charge in [-0.3, -0.25) is 0 Å². The molecule has 0 amide bonds. The predicted octanol–water partition coefficient (Wildman–Crippen LogP) is 6.00. The summed E-state index contributed by atoms with van der Waals surface area (Å²) in [6.45, 7) is 0.480. The zero-order valence-electron chi connectivity index (χ0n) is 17.0. The molecule has 0 aliphatic carbocycles. The van der Waals surface area contributed by atoms with Crippen molar-refractivity contribution in [1.82, 2.24) is 0 Å². The van der Waals surface area contributed by atoms with Crippen molar-refractivity contribution >= 4 is 33.9 Å². The lowest BCUT2D eigenvalue weighted by Crippen LogP contribution is -2.06. The lowest BCUT2D eigenvalue weighted by molar-refractivity contribution is 0.306. The van der Waals surface area contributed by atoms with E-state index in [9.17, 15) is 0 Å². The second-order valence-corrected chi connectivity index (χ2v) is 7.96. The molecule has 0 unspecified atom stereocenters. The first kappa shape index (κ1) is 20.7. The third-order valence-corrected chi connectivity index (χ3v) is 5.56. The zero-order valence-corrected chi connectivity index (χ0v) is 17.8. The van der Waals surface area contributed by atoms with Crippen molar-refractivity contribution < 1.29 is 4.74 Å². The highest BCUT2D eigenvalue weighted by atomic mass is 32.2. The first-order valence-corrected chi connectivity index (χ1v) is 11.0. The largest absolute Gasteiger partial charge is 0.488 e. The molecule has 4 nitrogen and oxygen atoms in total. The van der Waals surface area contributed by atoms with Crippen molar-refractivity contribution in [3.8, 4) is 5.75 Å². The van der Waals surface area contributed by atoms with Crippen molar-refractivity contribution in [2.45, 2.75) is 12.4 Å². The lowest BCUT2D eigenvalue weighted by Gasteiger charge is -2.09. The van der Waals surface area contributed by atoms with E-state index >= 15 is 0 Å². The summed E-state index contributed by atoms with van der Waals surface area (Å²) >= 11 is 1.46. The molecule has 0 saturated carbocycles. The van der Waals surface area contributed by atoms with Gasteiger partial charge in [0.25, 0.3) is 0 Å². The minimum absolute atomic E-state index is 0.426. The highest BCUT2D eigenvalue weighted by molar-refractivity contribution is 8.13. The summed E-state index contributed by atoms with van der Waals surface area (Å²) in [5.41, 5.74) is 9.14. The van der Waals surface area contributed by atoms with Crippen LogP contribution in [0.3, 0.4) is 0 Å². The first-order chi connectivity index (χ1) is 15.3. The number of benzene rings is 4. The van der Waals surface area contributed by atoms with E-state index in [1.807, 2.05) is 54.6 Å². The number of ether oxygens (including phenoxy) is 1. The molecule has 5 heteroatoms. The average Bonchev–Trinajstić information content (AvgIpc) is 2.82. The van der Waals surface area contributed by atoms with Crippen molar-refractivity contribution in [3.05, 3.63) is 114 Å². The fourth-order valence-corrected chi connectivity index (χ4v) is 3.73. The van der Waals surface area contributed by atoms with Gasteiger partial charge in [0.15, 0.2) is 5.17 Å². The van der Waals surface area contributed by atoms with Crippen molar-refractivity contribution in [2.24, 2.45) is 15.9 Å². The normalized spacial score (nSPS) is 11.8. The summed E-state index contributed by atoms with van der Waals surface area (Å²) < 4.78 is 6.06. The minimum Gasteiger partial charge on any atom is -0.488 e. The van der Waals surface area contributed by atoms with Crippen LogP contribution in [0.1, 0.15) is 16.7 Å². The SMILES string of the molecule is NC(=NN=Cc1ccccc1OCc1ccc2ccccc2c1)SCc1ccccc1. The van der Waals surface area contributed by atoms with E-state index < -0.39 is 0 Å². The zero-order chi connectivity index (χ0) is 21.3. The van der Waals surface area contributed by atoms with Gasteiger partial charge in [-0.2, -0.15) is 5.10 Å². The Morgan fingerprint density at radius 2 is 1.55 bits per heavy atom. The summed E-state index contributed by atoms with van der Waals surface area (Å²) in [6, 6.07) is 32.6. The topological polar surface area (TPSA) is 60.0 Å². The van der Waals surface area contributed by atoms with E-state index in [0.29, 0.717) is 11.8 Å². The summed E-state index contributed by atoms with van der Waals surface area (Å²) in [4.78, 5) is 0. The molecule has 4 aromatic carbocycles. The maximum Gasteiger partial charge on any atom is 0.180 e. The number of nitrogens with zero attached hydrogens (tertiary/aromatic N) is 2. The number of thioether (sulfide) groups is 1. The van der Waals surface area contributed by atoms with Crippen LogP contribution < -0.4 is 10.5 Å². The molecule has 0 fully saturated rings. The van der Waals surface area contributed by atoms with Crippen molar-refractivity contribution in [3.63, 3.8) is 0 Å². The average molecular weight is 426 g/mol. The number of fused-ring (bicyclic) bond motifs is 1. The van der Waals surface area contributed by atoms with E-state index in [-0.39, 0.29) is 0 Å². The van der Waals surface area contributed by atoms with Crippen molar-refractivity contribution in [2.75, 3.05) is 0 Å². The Balaban J connectivity index is 1.38. The number of para-hydroxylation sites is 1. The second kappa shape index (κ2) is 10.5. The van der Waals surface area contributed by atoms with Gasteiger partial charge in [0.2, 0.25) is 0 Å². The van der Waals surface area contributed by atoms with Gasteiger partial charge in [0.1, 0.15) is 12.4 Å². The quantitative estimate of drug-likeness (QED) is 0.224. The molecular weight excluding hydrogens is 402 g/mol. The number of rotatable bonds is 7. The Kier molecular flexibility index (Phi) is 6.98. The number of amidine groups is 1.